The summed E-state index contributed by atoms with van der Waals surface area (Å²) >= 11 is 1.44. The predicted octanol–water partition coefficient (Wildman–Crippen LogP) is 3.46. The number of hydrogen-bond donors (Lipinski definition) is 3. The van der Waals surface area contributed by atoms with Gasteiger partial charge in [0.1, 0.15) is 5.66 Å². The first-order valence-corrected chi connectivity index (χ1v) is 10.3. The Morgan fingerprint density at radius 1 is 1.33 bits per heavy atom. The van der Waals surface area contributed by atoms with Gasteiger partial charge >= 0.3 is 0 Å². The number of carbonyl (C=O) groups excluding carboxylic acids is 2. The number of benzene rings is 1. The van der Waals surface area contributed by atoms with Crippen LogP contribution in [-0.4, -0.2) is 22.5 Å². The molecule has 2 aromatic rings. The fourth-order valence-corrected chi connectivity index (χ4v) is 5.86. The number of carbonyl (C=O) groups is 2. The number of aromatic nitrogens is 1. The van der Waals surface area contributed by atoms with E-state index in [2.05, 4.69) is 27.9 Å². The SMILES string of the molecule is CC12CCC(CC1C(=O)Nc1nccs1)[C@]1(C2)NC(=O)c2ccccc2N1. The van der Waals surface area contributed by atoms with Crippen molar-refractivity contribution < 1.29 is 9.59 Å². The van der Waals surface area contributed by atoms with Gasteiger partial charge in [-0.15, -0.1) is 11.3 Å². The third kappa shape index (κ3) is 2.56. The molecule has 0 saturated heterocycles. The molecule has 4 aliphatic rings. The van der Waals surface area contributed by atoms with Crippen molar-refractivity contribution in [2.75, 3.05) is 10.6 Å². The van der Waals surface area contributed by atoms with Crippen LogP contribution in [0, 0.1) is 17.3 Å². The number of para-hydroxylation sites is 1. The van der Waals surface area contributed by atoms with Gasteiger partial charge in [0.2, 0.25) is 5.91 Å². The van der Waals surface area contributed by atoms with Crippen LogP contribution in [0.15, 0.2) is 35.8 Å². The zero-order valence-corrected chi connectivity index (χ0v) is 15.9. The summed E-state index contributed by atoms with van der Waals surface area (Å²) in [5, 5.41) is 12.4. The van der Waals surface area contributed by atoms with E-state index in [1.165, 1.54) is 11.3 Å². The summed E-state index contributed by atoms with van der Waals surface area (Å²) in [6, 6.07) is 7.64. The molecule has 6 rings (SSSR count). The highest BCUT2D eigenvalue weighted by atomic mass is 32.1. The van der Waals surface area contributed by atoms with E-state index in [0.717, 1.165) is 31.4 Å². The summed E-state index contributed by atoms with van der Waals surface area (Å²) in [4.78, 5) is 29.8. The summed E-state index contributed by atoms with van der Waals surface area (Å²) in [7, 11) is 0. The second-order valence-corrected chi connectivity index (χ2v) is 9.17. The van der Waals surface area contributed by atoms with E-state index in [1.54, 1.807) is 6.20 Å². The van der Waals surface area contributed by atoms with E-state index in [9.17, 15) is 9.59 Å². The summed E-state index contributed by atoms with van der Waals surface area (Å²) in [6.07, 6.45) is 5.22. The van der Waals surface area contributed by atoms with Gasteiger partial charge in [0, 0.05) is 29.1 Å². The lowest BCUT2D eigenvalue weighted by Crippen LogP contribution is -2.70. The van der Waals surface area contributed by atoms with Gasteiger partial charge in [0.05, 0.1) is 5.56 Å². The quantitative estimate of drug-likeness (QED) is 0.743. The van der Waals surface area contributed by atoms with Crippen LogP contribution in [-0.2, 0) is 4.79 Å². The Balaban J connectivity index is 1.43. The first-order valence-electron chi connectivity index (χ1n) is 9.39. The molecule has 2 heterocycles. The molecule has 0 radical (unpaired) electrons. The first kappa shape index (κ1) is 16.7. The number of nitrogens with one attached hydrogen (secondary N) is 3. The van der Waals surface area contributed by atoms with E-state index in [1.807, 2.05) is 29.6 Å². The van der Waals surface area contributed by atoms with Crippen molar-refractivity contribution in [3.8, 4) is 0 Å². The van der Waals surface area contributed by atoms with E-state index in [-0.39, 0.29) is 29.1 Å². The van der Waals surface area contributed by atoms with E-state index in [0.29, 0.717) is 10.7 Å². The topological polar surface area (TPSA) is 83.1 Å². The van der Waals surface area contributed by atoms with E-state index in [4.69, 9.17) is 0 Å². The number of nitrogens with zero attached hydrogens (tertiary/aromatic N) is 1. The van der Waals surface area contributed by atoms with Crippen LogP contribution in [0.2, 0.25) is 0 Å². The lowest BCUT2D eigenvalue weighted by atomic mass is 9.51. The molecule has 1 aromatic heterocycles. The van der Waals surface area contributed by atoms with Crippen LogP contribution >= 0.6 is 11.3 Å². The van der Waals surface area contributed by atoms with Crippen LogP contribution in [0.1, 0.15) is 43.0 Å². The number of rotatable bonds is 2. The van der Waals surface area contributed by atoms with Gasteiger partial charge in [-0.3, -0.25) is 9.59 Å². The molecule has 27 heavy (non-hydrogen) atoms. The Kier molecular flexibility index (Phi) is 3.59. The van der Waals surface area contributed by atoms with Gasteiger partial charge in [0.25, 0.3) is 5.91 Å². The lowest BCUT2D eigenvalue weighted by molar-refractivity contribution is -0.134. The number of hydrogen-bond acceptors (Lipinski definition) is 5. The maximum Gasteiger partial charge on any atom is 0.255 e. The Morgan fingerprint density at radius 3 is 2.96 bits per heavy atom. The number of thiazole rings is 1. The minimum atomic E-state index is -0.462. The minimum absolute atomic E-state index is 0.0238. The number of amides is 2. The molecule has 1 aromatic carbocycles. The minimum Gasteiger partial charge on any atom is -0.362 e. The number of fused-ring (bicyclic) bond motifs is 3. The average molecular weight is 382 g/mol. The van der Waals surface area contributed by atoms with E-state index >= 15 is 0 Å². The van der Waals surface area contributed by atoms with Crippen molar-refractivity contribution in [2.45, 2.75) is 38.3 Å². The molecular weight excluding hydrogens is 360 g/mol. The van der Waals surface area contributed by atoms with Crippen molar-refractivity contribution in [1.82, 2.24) is 10.3 Å². The summed E-state index contributed by atoms with van der Waals surface area (Å²) in [5.41, 5.74) is 0.952. The van der Waals surface area contributed by atoms with Gasteiger partial charge < -0.3 is 16.0 Å². The van der Waals surface area contributed by atoms with E-state index < -0.39 is 5.66 Å². The van der Waals surface area contributed by atoms with Gasteiger partial charge in [-0.25, -0.2) is 4.98 Å². The molecule has 3 saturated carbocycles. The highest BCUT2D eigenvalue weighted by molar-refractivity contribution is 7.13. The molecule has 3 unspecified atom stereocenters. The molecule has 2 amide bonds. The zero-order chi connectivity index (χ0) is 18.6. The summed E-state index contributed by atoms with van der Waals surface area (Å²) in [5.74, 6) is 0.184. The highest BCUT2D eigenvalue weighted by Gasteiger charge is 2.60. The molecule has 3 aliphatic carbocycles. The van der Waals surface area contributed by atoms with Crippen molar-refractivity contribution in [3.05, 3.63) is 41.4 Å². The molecule has 3 fully saturated rings. The van der Waals surface area contributed by atoms with Crippen molar-refractivity contribution in [1.29, 1.82) is 0 Å². The van der Waals surface area contributed by atoms with Gasteiger partial charge in [0.15, 0.2) is 5.13 Å². The maximum atomic E-state index is 12.9. The Labute approximate surface area is 161 Å². The molecule has 2 bridgehead atoms. The average Bonchev–Trinajstić information content (AvgIpc) is 3.14. The third-order valence-corrected chi connectivity index (χ3v) is 7.34. The largest absolute Gasteiger partial charge is 0.362 e. The Bertz CT molecular complexity index is 914. The van der Waals surface area contributed by atoms with Crippen molar-refractivity contribution >= 4 is 34.0 Å². The van der Waals surface area contributed by atoms with Gasteiger partial charge in [-0.2, -0.15) is 0 Å². The maximum absolute atomic E-state index is 12.9. The first-order chi connectivity index (χ1) is 13.0. The Morgan fingerprint density at radius 2 is 2.19 bits per heavy atom. The lowest BCUT2D eigenvalue weighted by Gasteiger charge is -2.60. The van der Waals surface area contributed by atoms with Crippen LogP contribution in [0.4, 0.5) is 10.8 Å². The van der Waals surface area contributed by atoms with Gasteiger partial charge in [-0.1, -0.05) is 19.1 Å². The van der Waals surface area contributed by atoms with Crippen LogP contribution < -0.4 is 16.0 Å². The summed E-state index contributed by atoms with van der Waals surface area (Å²) in [6.45, 7) is 2.19. The molecule has 4 atom stereocenters. The Hall–Kier alpha value is -2.41. The fraction of sp³-hybridized carbons (Fsp3) is 0.450. The smallest absolute Gasteiger partial charge is 0.255 e. The molecule has 3 N–H and O–H groups in total. The standard InChI is InChI=1S/C20H22N4O2S/c1-19-7-6-12(10-14(19)17(26)22-18-21-8-9-27-18)20(11-19)23-15-5-3-2-4-13(15)16(25)24-20/h2-5,8-9,12,14,23H,6-7,10-11H2,1H3,(H,24,25)(H,21,22,26)/t12?,14?,19?,20-/m0/s1. The van der Waals surface area contributed by atoms with Crippen molar-refractivity contribution in [2.24, 2.45) is 17.3 Å². The second-order valence-electron chi connectivity index (χ2n) is 8.28. The zero-order valence-electron chi connectivity index (χ0n) is 15.1. The molecule has 140 valence electrons. The fourth-order valence-electron chi connectivity index (χ4n) is 5.33. The van der Waals surface area contributed by atoms with Crippen molar-refractivity contribution in [3.63, 3.8) is 0 Å². The number of anilines is 2. The normalized spacial score (nSPS) is 33.9. The molecular formula is C20H22N4O2S. The van der Waals surface area contributed by atoms with Crippen LogP contribution in [0.5, 0.6) is 0 Å². The van der Waals surface area contributed by atoms with Crippen LogP contribution in [0.25, 0.3) is 0 Å². The van der Waals surface area contributed by atoms with Crippen LogP contribution in [0.3, 0.4) is 0 Å². The molecule has 7 heteroatoms. The molecule has 1 aliphatic heterocycles. The second kappa shape index (κ2) is 5.79. The highest BCUT2D eigenvalue weighted by Crippen LogP contribution is 2.58. The monoisotopic (exact) mass is 382 g/mol. The third-order valence-electron chi connectivity index (χ3n) is 6.65. The van der Waals surface area contributed by atoms with Gasteiger partial charge in [-0.05, 0) is 43.2 Å². The molecule has 1 spiro atoms. The molecule has 6 nitrogen and oxygen atoms in total. The summed E-state index contributed by atoms with van der Waals surface area (Å²) < 4.78 is 0. The predicted molar refractivity (Wildman–Crippen MR) is 105 cm³/mol.